The first-order valence-corrected chi connectivity index (χ1v) is 13.3. The van der Waals surface area contributed by atoms with E-state index in [2.05, 4.69) is 10.4 Å². The van der Waals surface area contributed by atoms with Crippen molar-refractivity contribution in [2.45, 2.75) is 24.9 Å². The lowest BCUT2D eigenvalue weighted by atomic mass is 10.1. The molecule has 2 saturated heterocycles. The Kier molecular flexibility index (Phi) is 5.35. The van der Waals surface area contributed by atoms with Crippen molar-refractivity contribution < 1.29 is 26.4 Å². The van der Waals surface area contributed by atoms with E-state index in [0.29, 0.717) is 24.3 Å². The molecule has 0 spiro atoms. The Morgan fingerprint density at radius 1 is 1.07 bits per heavy atom. The maximum Gasteiger partial charge on any atom is 0.272 e. The van der Waals surface area contributed by atoms with Crippen LogP contribution in [-0.2, 0) is 19.7 Å². The number of rotatable bonds is 5. The lowest BCUT2D eigenvalue weighted by Gasteiger charge is -2.13. The number of aromatic nitrogens is 2. The topological polar surface area (TPSA) is 124 Å². The van der Waals surface area contributed by atoms with Crippen LogP contribution in [0.5, 0.6) is 5.75 Å². The van der Waals surface area contributed by atoms with Gasteiger partial charge < -0.3 is 10.1 Å². The van der Waals surface area contributed by atoms with Crippen LogP contribution < -0.4 is 10.1 Å². The molecular formula is C19H23N3O6S2. The summed E-state index contributed by atoms with van der Waals surface area (Å²) in [5.41, 5.74) is 1.54. The molecule has 3 heterocycles. The number of nitrogens with one attached hydrogen (secondary N) is 1. The first kappa shape index (κ1) is 20.9. The summed E-state index contributed by atoms with van der Waals surface area (Å²) in [5.74, 6) is 0.246. The van der Waals surface area contributed by atoms with Crippen LogP contribution in [0.2, 0.25) is 0 Å². The molecule has 2 atom stereocenters. The van der Waals surface area contributed by atoms with E-state index in [9.17, 15) is 21.6 Å². The number of carbonyl (C=O) groups excluding carboxylic acids is 1. The number of hydrogen-bond acceptors (Lipinski definition) is 7. The molecular weight excluding hydrogens is 430 g/mol. The van der Waals surface area contributed by atoms with Gasteiger partial charge in [-0.2, -0.15) is 5.10 Å². The molecule has 1 N–H and O–H groups in total. The van der Waals surface area contributed by atoms with Gasteiger partial charge in [-0.15, -0.1) is 0 Å². The van der Waals surface area contributed by atoms with Gasteiger partial charge in [0.2, 0.25) is 0 Å². The summed E-state index contributed by atoms with van der Waals surface area (Å²) >= 11 is 0. The summed E-state index contributed by atoms with van der Waals surface area (Å²) in [4.78, 5) is 12.7. The van der Waals surface area contributed by atoms with Gasteiger partial charge in [0.25, 0.3) is 5.91 Å². The molecule has 0 aliphatic carbocycles. The Balaban J connectivity index is 1.65. The second-order valence-corrected chi connectivity index (χ2v) is 12.2. The average molecular weight is 454 g/mol. The second-order valence-electron chi connectivity index (χ2n) is 7.72. The van der Waals surface area contributed by atoms with Gasteiger partial charge in [-0.05, 0) is 43.2 Å². The minimum Gasteiger partial charge on any atom is -0.497 e. The van der Waals surface area contributed by atoms with Gasteiger partial charge in [-0.3, -0.25) is 9.48 Å². The second kappa shape index (κ2) is 7.69. The number of ether oxygens (including phenoxy) is 1. The predicted molar refractivity (Wildman–Crippen MR) is 111 cm³/mol. The van der Waals surface area contributed by atoms with E-state index in [1.165, 1.54) is 0 Å². The number of hydrogen-bond donors (Lipinski definition) is 1. The van der Waals surface area contributed by atoms with Crippen LogP contribution in [0, 0.1) is 0 Å². The summed E-state index contributed by atoms with van der Waals surface area (Å²) < 4.78 is 54.1. The summed E-state index contributed by atoms with van der Waals surface area (Å²) in [6.07, 6.45) is 0.802. The fraction of sp³-hybridized carbons (Fsp3) is 0.474. The standard InChI is InChI=1S/C19H23N3O6S2/c1-28-16-4-2-13(3-5-16)18-10-17(19(23)20-14-6-8-29(24,25)11-14)21-22(18)15-7-9-30(26,27)12-15/h2-5,10,14-15H,6-9,11-12H2,1H3,(H,20,23)/t14-,15+/m1/s1. The predicted octanol–water partition coefficient (Wildman–Crippen LogP) is 0.835. The number of methoxy groups -OCH3 is 1. The third-order valence-electron chi connectivity index (χ3n) is 5.48. The fourth-order valence-corrected chi connectivity index (χ4v) is 7.26. The third-order valence-corrected chi connectivity index (χ3v) is 8.99. The molecule has 1 aromatic heterocycles. The number of sulfone groups is 2. The highest BCUT2D eigenvalue weighted by Crippen LogP contribution is 2.31. The van der Waals surface area contributed by atoms with Crippen molar-refractivity contribution in [2.75, 3.05) is 30.1 Å². The molecule has 2 aromatic rings. The Bertz CT molecular complexity index is 1170. The van der Waals surface area contributed by atoms with Crippen LogP contribution in [0.1, 0.15) is 29.4 Å². The van der Waals surface area contributed by atoms with Crippen molar-refractivity contribution in [1.29, 1.82) is 0 Å². The molecule has 162 valence electrons. The molecule has 2 aliphatic rings. The van der Waals surface area contributed by atoms with Crippen LogP contribution >= 0.6 is 0 Å². The zero-order valence-electron chi connectivity index (χ0n) is 16.4. The largest absolute Gasteiger partial charge is 0.497 e. The Morgan fingerprint density at radius 3 is 2.30 bits per heavy atom. The van der Waals surface area contributed by atoms with Crippen LogP contribution in [-0.4, -0.2) is 68.7 Å². The number of carbonyl (C=O) groups is 1. The molecule has 1 aromatic carbocycles. The van der Waals surface area contributed by atoms with E-state index in [0.717, 1.165) is 5.56 Å². The Hall–Kier alpha value is -2.40. The maximum atomic E-state index is 12.7. The number of amides is 1. The lowest BCUT2D eigenvalue weighted by molar-refractivity contribution is 0.0935. The zero-order chi connectivity index (χ0) is 21.5. The lowest BCUT2D eigenvalue weighted by Crippen LogP contribution is -2.35. The maximum absolute atomic E-state index is 12.7. The monoisotopic (exact) mass is 453 g/mol. The highest BCUT2D eigenvalue weighted by atomic mass is 32.2. The summed E-state index contributed by atoms with van der Waals surface area (Å²) in [6.45, 7) is 0. The van der Waals surface area contributed by atoms with E-state index in [4.69, 9.17) is 4.74 Å². The number of nitrogens with zero attached hydrogens (tertiary/aromatic N) is 2. The van der Waals surface area contributed by atoms with Gasteiger partial charge in [0.1, 0.15) is 5.75 Å². The quantitative estimate of drug-likeness (QED) is 0.711. The molecule has 30 heavy (non-hydrogen) atoms. The summed E-state index contributed by atoms with van der Waals surface area (Å²) in [7, 11) is -4.70. The van der Waals surface area contributed by atoms with E-state index in [-0.39, 0.29) is 34.7 Å². The highest BCUT2D eigenvalue weighted by Gasteiger charge is 2.33. The first-order chi connectivity index (χ1) is 14.2. The Morgan fingerprint density at radius 2 is 1.73 bits per heavy atom. The van der Waals surface area contributed by atoms with Gasteiger partial charge in [0.15, 0.2) is 25.4 Å². The third kappa shape index (κ3) is 4.36. The van der Waals surface area contributed by atoms with Gasteiger partial charge in [0.05, 0.1) is 41.9 Å². The molecule has 0 radical (unpaired) electrons. The van der Waals surface area contributed by atoms with Crippen molar-refractivity contribution in [3.63, 3.8) is 0 Å². The van der Waals surface area contributed by atoms with Gasteiger partial charge in [0, 0.05) is 11.6 Å². The summed E-state index contributed by atoms with van der Waals surface area (Å²) in [6, 6.07) is 8.01. The molecule has 0 saturated carbocycles. The zero-order valence-corrected chi connectivity index (χ0v) is 18.1. The first-order valence-electron chi connectivity index (χ1n) is 9.61. The minimum absolute atomic E-state index is 0.0280. The van der Waals surface area contributed by atoms with Crippen LogP contribution in [0.3, 0.4) is 0 Å². The summed E-state index contributed by atoms with van der Waals surface area (Å²) in [5, 5.41) is 7.15. The molecule has 4 rings (SSSR count). The van der Waals surface area contributed by atoms with E-state index < -0.39 is 31.6 Å². The Labute approximate surface area is 175 Å². The molecule has 1 amide bonds. The van der Waals surface area contributed by atoms with Crippen molar-refractivity contribution in [3.05, 3.63) is 36.0 Å². The molecule has 2 fully saturated rings. The van der Waals surface area contributed by atoms with Gasteiger partial charge >= 0.3 is 0 Å². The van der Waals surface area contributed by atoms with Crippen molar-refractivity contribution in [3.8, 4) is 17.0 Å². The van der Waals surface area contributed by atoms with Crippen molar-refractivity contribution in [2.24, 2.45) is 0 Å². The van der Waals surface area contributed by atoms with Gasteiger partial charge in [-0.1, -0.05) is 0 Å². The van der Waals surface area contributed by atoms with E-state index in [1.807, 2.05) is 12.1 Å². The van der Waals surface area contributed by atoms with Crippen molar-refractivity contribution in [1.82, 2.24) is 15.1 Å². The van der Waals surface area contributed by atoms with Crippen LogP contribution in [0.25, 0.3) is 11.3 Å². The minimum atomic E-state index is -3.14. The van der Waals surface area contributed by atoms with Gasteiger partial charge in [-0.25, -0.2) is 16.8 Å². The van der Waals surface area contributed by atoms with Crippen LogP contribution in [0.15, 0.2) is 30.3 Å². The molecule has 2 aliphatic heterocycles. The normalized spacial score (nSPS) is 24.6. The molecule has 0 unspecified atom stereocenters. The van der Waals surface area contributed by atoms with E-state index >= 15 is 0 Å². The molecule has 0 bridgehead atoms. The molecule has 9 nitrogen and oxygen atoms in total. The SMILES string of the molecule is COc1ccc(-c2cc(C(=O)N[C@@H]3CCS(=O)(=O)C3)nn2[C@H]2CCS(=O)(=O)C2)cc1. The number of benzene rings is 1. The highest BCUT2D eigenvalue weighted by molar-refractivity contribution is 7.91. The van der Waals surface area contributed by atoms with E-state index in [1.54, 1.807) is 30.0 Å². The fourth-order valence-electron chi connectivity index (χ4n) is 3.90. The van der Waals surface area contributed by atoms with Crippen LogP contribution in [0.4, 0.5) is 0 Å². The molecule has 11 heteroatoms. The van der Waals surface area contributed by atoms with Crippen molar-refractivity contribution >= 4 is 25.6 Å². The average Bonchev–Trinajstić information content (AvgIpc) is 3.38. The smallest absolute Gasteiger partial charge is 0.272 e.